The van der Waals surface area contributed by atoms with E-state index in [9.17, 15) is 13.2 Å². The van der Waals surface area contributed by atoms with E-state index in [1.165, 1.54) is 11.3 Å². The van der Waals surface area contributed by atoms with E-state index in [4.69, 9.17) is 5.73 Å². The number of alkyl halides is 3. The second-order valence-electron chi connectivity index (χ2n) is 3.23. The number of thiophene rings is 1. The van der Waals surface area contributed by atoms with Gasteiger partial charge in [0.2, 0.25) is 0 Å². The average Bonchev–Trinajstić information content (AvgIpc) is 2.54. The maximum absolute atomic E-state index is 11.7. The molecule has 2 nitrogen and oxygen atoms in total. The summed E-state index contributed by atoms with van der Waals surface area (Å²) in [6.07, 6.45) is -3.73. The van der Waals surface area contributed by atoms with Gasteiger partial charge in [0.05, 0.1) is 6.61 Å². The Balaban J connectivity index is 2.17. The fourth-order valence-corrected chi connectivity index (χ4v) is 1.78. The van der Waals surface area contributed by atoms with Crippen molar-refractivity contribution < 1.29 is 17.9 Å². The second-order valence-corrected chi connectivity index (χ2v) is 4.01. The van der Waals surface area contributed by atoms with E-state index >= 15 is 0 Å². The summed E-state index contributed by atoms with van der Waals surface area (Å²) < 4.78 is 39.6. The molecule has 1 atom stereocenters. The summed E-state index contributed by atoms with van der Waals surface area (Å²) >= 11 is 1.53. The highest BCUT2D eigenvalue weighted by molar-refractivity contribution is 7.07. The molecule has 0 fully saturated rings. The SMILES string of the molecule is NC(COCC(F)(F)F)Cc1ccsc1. The van der Waals surface area contributed by atoms with Gasteiger partial charge in [0, 0.05) is 6.04 Å². The van der Waals surface area contributed by atoms with Crippen LogP contribution < -0.4 is 5.73 Å². The van der Waals surface area contributed by atoms with E-state index in [0.717, 1.165) is 5.56 Å². The Hall–Kier alpha value is -0.590. The normalized spacial score (nSPS) is 14.1. The fourth-order valence-electron chi connectivity index (χ4n) is 1.10. The molecule has 0 aromatic carbocycles. The average molecular weight is 239 g/mol. The van der Waals surface area contributed by atoms with Gasteiger partial charge in [-0.2, -0.15) is 24.5 Å². The molecule has 1 heterocycles. The Labute approximate surface area is 89.8 Å². The van der Waals surface area contributed by atoms with E-state index in [0.29, 0.717) is 6.42 Å². The molecule has 86 valence electrons. The quantitative estimate of drug-likeness (QED) is 0.855. The molecular weight excluding hydrogens is 227 g/mol. The summed E-state index contributed by atoms with van der Waals surface area (Å²) in [6, 6.07) is 1.51. The lowest BCUT2D eigenvalue weighted by Crippen LogP contribution is -2.30. The molecule has 15 heavy (non-hydrogen) atoms. The minimum atomic E-state index is -4.28. The molecule has 1 aromatic heterocycles. The highest BCUT2D eigenvalue weighted by Gasteiger charge is 2.27. The van der Waals surface area contributed by atoms with Gasteiger partial charge in [-0.25, -0.2) is 0 Å². The molecule has 2 N–H and O–H groups in total. The molecule has 0 spiro atoms. The van der Waals surface area contributed by atoms with Crippen LogP contribution >= 0.6 is 11.3 Å². The maximum atomic E-state index is 11.7. The highest BCUT2D eigenvalue weighted by Crippen LogP contribution is 2.14. The van der Waals surface area contributed by atoms with Gasteiger partial charge < -0.3 is 10.5 Å². The van der Waals surface area contributed by atoms with Gasteiger partial charge in [0.15, 0.2) is 0 Å². The third-order valence-corrected chi connectivity index (χ3v) is 2.41. The molecule has 1 aromatic rings. The first-order chi connectivity index (χ1) is 6.97. The first-order valence-electron chi connectivity index (χ1n) is 4.38. The molecule has 1 rings (SSSR count). The summed E-state index contributed by atoms with van der Waals surface area (Å²) in [4.78, 5) is 0. The van der Waals surface area contributed by atoms with Crippen LogP contribution in [0.15, 0.2) is 16.8 Å². The Kier molecular flexibility index (Phi) is 4.56. The number of hydrogen-bond donors (Lipinski definition) is 1. The predicted molar refractivity (Wildman–Crippen MR) is 52.9 cm³/mol. The molecule has 0 aliphatic rings. The van der Waals surface area contributed by atoms with Crippen molar-refractivity contribution in [1.82, 2.24) is 0 Å². The smallest absolute Gasteiger partial charge is 0.370 e. The van der Waals surface area contributed by atoms with Gasteiger partial charge >= 0.3 is 6.18 Å². The van der Waals surface area contributed by atoms with Crippen LogP contribution in [0.1, 0.15) is 5.56 Å². The van der Waals surface area contributed by atoms with Gasteiger partial charge in [-0.1, -0.05) is 0 Å². The van der Waals surface area contributed by atoms with E-state index in [1.807, 2.05) is 16.8 Å². The zero-order valence-corrected chi connectivity index (χ0v) is 8.77. The Morgan fingerprint density at radius 3 is 2.73 bits per heavy atom. The van der Waals surface area contributed by atoms with E-state index in [2.05, 4.69) is 4.74 Å². The Bertz CT molecular complexity index is 273. The summed E-state index contributed by atoms with van der Waals surface area (Å²) in [5.74, 6) is 0. The van der Waals surface area contributed by atoms with Crippen LogP contribution in [0.4, 0.5) is 13.2 Å². The Morgan fingerprint density at radius 1 is 1.47 bits per heavy atom. The lowest BCUT2D eigenvalue weighted by molar-refractivity contribution is -0.174. The molecule has 0 aliphatic carbocycles. The lowest BCUT2D eigenvalue weighted by Gasteiger charge is -2.12. The molecule has 6 heteroatoms. The monoisotopic (exact) mass is 239 g/mol. The van der Waals surface area contributed by atoms with Crippen molar-refractivity contribution in [2.24, 2.45) is 5.73 Å². The second kappa shape index (κ2) is 5.48. The summed E-state index contributed by atoms with van der Waals surface area (Å²) in [7, 11) is 0. The van der Waals surface area contributed by atoms with Crippen LogP contribution in [-0.2, 0) is 11.2 Å². The van der Waals surface area contributed by atoms with Crippen LogP contribution in [0.5, 0.6) is 0 Å². The van der Waals surface area contributed by atoms with Crippen molar-refractivity contribution in [2.45, 2.75) is 18.6 Å². The van der Waals surface area contributed by atoms with E-state index in [-0.39, 0.29) is 12.6 Å². The standard InChI is InChI=1S/C9H12F3NOS/c10-9(11,12)6-14-4-8(13)3-7-1-2-15-5-7/h1-2,5,8H,3-4,6,13H2. The molecule has 0 saturated heterocycles. The third kappa shape index (κ3) is 5.76. The number of nitrogens with two attached hydrogens (primary N) is 1. The van der Waals surface area contributed by atoms with Gasteiger partial charge in [-0.3, -0.25) is 0 Å². The van der Waals surface area contributed by atoms with E-state index in [1.54, 1.807) is 0 Å². The number of ether oxygens (including phenoxy) is 1. The molecule has 1 unspecified atom stereocenters. The van der Waals surface area contributed by atoms with Crippen LogP contribution in [0.25, 0.3) is 0 Å². The van der Waals surface area contributed by atoms with Crippen LogP contribution in [0.3, 0.4) is 0 Å². The summed E-state index contributed by atoms with van der Waals surface area (Å²) in [5, 5.41) is 3.82. The molecule has 0 bridgehead atoms. The number of hydrogen-bond acceptors (Lipinski definition) is 3. The zero-order valence-electron chi connectivity index (χ0n) is 7.96. The molecule has 0 saturated carbocycles. The summed E-state index contributed by atoms with van der Waals surface area (Å²) in [6.45, 7) is -1.31. The van der Waals surface area contributed by atoms with Gasteiger partial charge in [0.25, 0.3) is 0 Å². The first-order valence-corrected chi connectivity index (χ1v) is 5.33. The molecule has 0 amide bonds. The van der Waals surface area contributed by atoms with Gasteiger partial charge in [-0.05, 0) is 28.8 Å². The highest BCUT2D eigenvalue weighted by atomic mass is 32.1. The largest absolute Gasteiger partial charge is 0.411 e. The van der Waals surface area contributed by atoms with Gasteiger partial charge in [-0.15, -0.1) is 0 Å². The molecular formula is C9H12F3NOS. The van der Waals surface area contributed by atoms with Crippen molar-refractivity contribution >= 4 is 11.3 Å². The summed E-state index contributed by atoms with van der Waals surface area (Å²) in [5.41, 5.74) is 6.64. The van der Waals surface area contributed by atoms with Crippen molar-refractivity contribution in [2.75, 3.05) is 13.2 Å². The first kappa shape index (κ1) is 12.5. The number of halogens is 3. The van der Waals surface area contributed by atoms with E-state index < -0.39 is 12.8 Å². The third-order valence-electron chi connectivity index (χ3n) is 1.68. The van der Waals surface area contributed by atoms with Crippen LogP contribution in [0.2, 0.25) is 0 Å². The van der Waals surface area contributed by atoms with Crippen LogP contribution in [-0.4, -0.2) is 25.4 Å². The molecule has 0 radical (unpaired) electrons. The lowest BCUT2D eigenvalue weighted by atomic mass is 10.1. The fraction of sp³-hybridized carbons (Fsp3) is 0.556. The van der Waals surface area contributed by atoms with Crippen molar-refractivity contribution in [3.63, 3.8) is 0 Å². The number of rotatable bonds is 5. The van der Waals surface area contributed by atoms with Crippen LogP contribution in [0, 0.1) is 0 Å². The minimum absolute atomic E-state index is 0.0741. The topological polar surface area (TPSA) is 35.2 Å². The minimum Gasteiger partial charge on any atom is -0.370 e. The maximum Gasteiger partial charge on any atom is 0.411 e. The molecule has 0 aliphatic heterocycles. The van der Waals surface area contributed by atoms with Crippen molar-refractivity contribution in [1.29, 1.82) is 0 Å². The van der Waals surface area contributed by atoms with Crippen molar-refractivity contribution in [3.8, 4) is 0 Å². The zero-order chi connectivity index (χ0) is 11.3. The van der Waals surface area contributed by atoms with Gasteiger partial charge in [0.1, 0.15) is 6.61 Å². The van der Waals surface area contributed by atoms with Crippen molar-refractivity contribution in [3.05, 3.63) is 22.4 Å². The Morgan fingerprint density at radius 2 is 2.20 bits per heavy atom. The predicted octanol–water partition coefficient (Wildman–Crippen LogP) is 2.20.